The van der Waals surface area contributed by atoms with Crippen molar-refractivity contribution >= 4 is 29.4 Å². The van der Waals surface area contributed by atoms with Crippen LogP contribution in [-0.2, 0) is 14.3 Å². The first-order valence-corrected chi connectivity index (χ1v) is 13.1. The van der Waals surface area contributed by atoms with E-state index >= 15 is 0 Å². The molecular weight excluding hydrogens is 530 g/mol. The molecule has 0 aromatic heterocycles. The van der Waals surface area contributed by atoms with E-state index in [-0.39, 0.29) is 11.3 Å². The maximum atomic E-state index is 13.7. The Hall–Kier alpha value is -4.58. The largest absolute Gasteiger partial charge is 0.444 e. The number of ketones is 1. The van der Waals surface area contributed by atoms with Gasteiger partial charge in [0.2, 0.25) is 0 Å². The number of alkyl carbamates (subject to hydrolysis) is 1. The van der Waals surface area contributed by atoms with Gasteiger partial charge in [0.25, 0.3) is 17.5 Å². The van der Waals surface area contributed by atoms with Crippen molar-refractivity contribution in [2.45, 2.75) is 70.8 Å². The van der Waals surface area contributed by atoms with E-state index in [1.165, 1.54) is 42.4 Å². The highest BCUT2D eigenvalue weighted by atomic mass is 16.6. The highest BCUT2D eigenvalue weighted by molar-refractivity contribution is 6.04. The maximum Gasteiger partial charge on any atom is 0.408 e. The van der Waals surface area contributed by atoms with Gasteiger partial charge < -0.3 is 15.4 Å². The Morgan fingerprint density at radius 1 is 1.05 bits per heavy atom. The van der Waals surface area contributed by atoms with Crippen LogP contribution in [0.2, 0.25) is 0 Å². The zero-order valence-corrected chi connectivity index (χ0v) is 23.7. The predicted molar refractivity (Wildman–Crippen MR) is 148 cm³/mol. The number of ether oxygens (including phenoxy) is 1. The minimum absolute atomic E-state index is 0.134. The van der Waals surface area contributed by atoms with E-state index < -0.39 is 57.9 Å². The molecule has 3 amide bonds. The van der Waals surface area contributed by atoms with Crippen molar-refractivity contribution in [2.24, 2.45) is 0 Å². The van der Waals surface area contributed by atoms with E-state index in [9.17, 15) is 29.3 Å². The fraction of sp³-hybridized carbons (Fsp3) is 0.379. The summed E-state index contributed by atoms with van der Waals surface area (Å²) >= 11 is 0. The smallest absolute Gasteiger partial charge is 0.408 e. The number of carbonyl (C=O) groups is 4. The molecule has 2 N–H and O–H groups in total. The Morgan fingerprint density at radius 3 is 2.22 bits per heavy atom. The minimum Gasteiger partial charge on any atom is -0.444 e. The molecule has 0 unspecified atom stereocenters. The Kier molecular flexibility index (Phi) is 7.72. The molecule has 2 heterocycles. The van der Waals surface area contributed by atoms with Crippen molar-refractivity contribution in [3.05, 3.63) is 87.6 Å². The average molecular weight is 564 g/mol. The molecule has 0 saturated carbocycles. The number of Topliss-reactive ketones (excluding diaryl/α,β-unsaturated/α-hetero) is 1. The molecular formula is C29H33N5O7. The number of nitro benzene ring substituents is 1. The van der Waals surface area contributed by atoms with Crippen LogP contribution >= 0.6 is 0 Å². The normalized spacial score (nSPS) is 20.6. The second kappa shape index (κ2) is 10.8. The molecule has 1 saturated heterocycles. The van der Waals surface area contributed by atoms with Gasteiger partial charge in [0, 0.05) is 29.5 Å². The summed E-state index contributed by atoms with van der Waals surface area (Å²) in [7, 11) is 0. The molecule has 2 aliphatic rings. The summed E-state index contributed by atoms with van der Waals surface area (Å²) in [6, 6.07) is 11.4. The fourth-order valence-electron chi connectivity index (χ4n) is 5.01. The highest BCUT2D eigenvalue weighted by Crippen LogP contribution is 2.47. The number of rotatable bonds is 7. The van der Waals surface area contributed by atoms with Gasteiger partial charge in [-0.3, -0.25) is 24.5 Å². The quantitative estimate of drug-likeness (QED) is 0.383. The number of fused-ring (bicyclic) bond motifs is 1. The van der Waals surface area contributed by atoms with Crippen LogP contribution in [0.1, 0.15) is 63.5 Å². The molecule has 0 aliphatic carbocycles. The molecule has 216 valence electrons. The number of benzene rings is 2. The monoisotopic (exact) mass is 563 g/mol. The lowest BCUT2D eigenvalue weighted by molar-refractivity contribution is -0.384. The van der Waals surface area contributed by atoms with E-state index in [0.717, 1.165) is 0 Å². The topological polar surface area (TPSA) is 151 Å². The molecule has 0 radical (unpaired) electrons. The van der Waals surface area contributed by atoms with Crippen LogP contribution < -0.4 is 10.6 Å². The van der Waals surface area contributed by atoms with Crippen LogP contribution in [0.4, 0.5) is 10.5 Å². The van der Waals surface area contributed by atoms with Gasteiger partial charge in [-0.1, -0.05) is 30.3 Å². The van der Waals surface area contributed by atoms with E-state index in [0.29, 0.717) is 11.1 Å². The third-order valence-electron chi connectivity index (χ3n) is 6.94. The highest BCUT2D eigenvalue weighted by Gasteiger charge is 2.59. The van der Waals surface area contributed by atoms with Gasteiger partial charge in [-0.2, -0.15) is 5.01 Å². The zero-order valence-electron chi connectivity index (χ0n) is 23.7. The molecule has 4 rings (SSSR count). The van der Waals surface area contributed by atoms with Crippen LogP contribution in [0, 0.1) is 10.1 Å². The van der Waals surface area contributed by atoms with Crippen LogP contribution in [0.3, 0.4) is 0 Å². The number of nitrogens with one attached hydrogen (secondary N) is 2. The Morgan fingerprint density at radius 2 is 1.66 bits per heavy atom. The molecule has 1 fully saturated rings. The number of nitrogens with zero attached hydrogens (tertiary/aromatic N) is 3. The first-order valence-electron chi connectivity index (χ1n) is 13.1. The molecule has 12 nitrogen and oxygen atoms in total. The van der Waals surface area contributed by atoms with E-state index in [4.69, 9.17) is 4.74 Å². The lowest BCUT2D eigenvalue weighted by Crippen LogP contribution is -2.55. The minimum atomic E-state index is -1.03. The molecule has 41 heavy (non-hydrogen) atoms. The second-order valence-electron chi connectivity index (χ2n) is 11.5. The number of hydrogen-bond acceptors (Lipinski definition) is 8. The number of amides is 3. The Labute approximate surface area is 237 Å². The maximum absolute atomic E-state index is 13.7. The van der Waals surface area contributed by atoms with Crippen LogP contribution in [0.25, 0.3) is 0 Å². The first-order chi connectivity index (χ1) is 19.1. The molecule has 2 aromatic carbocycles. The summed E-state index contributed by atoms with van der Waals surface area (Å²) in [6.45, 7) is 10.1. The summed E-state index contributed by atoms with van der Waals surface area (Å²) < 4.78 is 5.28. The average Bonchev–Trinajstić information content (AvgIpc) is 3.38. The summed E-state index contributed by atoms with van der Waals surface area (Å²) in [5.41, 5.74) is -0.849. The van der Waals surface area contributed by atoms with Gasteiger partial charge in [-0.05, 0) is 59.2 Å². The van der Waals surface area contributed by atoms with E-state index in [1.807, 2.05) is 0 Å². The molecule has 0 spiro atoms. The van der Waals surface area contributed by atoms with Crippen molar-refractivity contribution in [1.29, 1.82) is 0 Å². The van der Waals surface area contributed by atoms with Gasteiger partial charge in [0.15, 0.2) is 5.78 Å². The van der Waals surface area contributed by atoms with Gasteiger partial charge in [0.1, 0.15) is 11.6 Å². The molecule has 2 aliphatic heterocycles. The molecule has 0 bridgehead atoms. The first kappa shape index (κ1) is 29.4. The van der Waals surface area contributed by atoms with E-state index in [1.54, 1.807) is 70.0 Å². The standard InChI is InChI=1S/C29H33N5O7/c1-17(30-27(38)41-28(2,3)4)23(35)21-16-32-26(37)24(31-25(36)19-10-8-7-9-11-19)29(5,6)33(32)22(21)18-12-14-20(15-13-18)34(39)40/h7-17,22,24H,1-6H3,(H,30,38)(H,31,36)/t17-,22+,24+/m0/s1. The number of non-ortho nitro benzene ring substituents is 1. The molecule has 12 heteroatoms. The van der Waals surface area contributed by atoms with Gasteiger partial charge in [-0.15, -0.1) is 0 Å². The predicted octanol–water partition coefficient (Wildman–Crippen LogP) is 3.65. The van der Waals surface area contributed by atoms with Gasteiger partial charge in [-0.25, -0.2) is 9.80 Å². The molecule has 2 aromatic rings. The Balaban J connectivity index is 1.70. The number of carbonyl (C=O) groups excluding carboxylic acids is 4. The summed E-state index contributed by atoms with van der Waals surface area (Å²) in [4.78, 5) is 63.5. The van der Waals surface area contributed by atoms with Crippen LogP contribution in [-0.4, -0.2) is 61.9 Å². The van der Waals surface area contributed by atoms with Gasteiger partial charge in [0.05, 0.1) is 22.5 Å². The lowest BCUT2D eigenvalue weighted by Gasteiger charge is -2.38. The van der Waals surface area contributed by atoms with Crippen molar-refractivity contribution in [3.63, 3.8) is 0 Å². The number of hydrazine groups is 1. The van der Waals surface area contributed by atoms with Crippen molar-refractivity contribution < 1.29 is 28.8 Å². The lowest BCUT2D eigenvalue weighted by atomic mass is 9.88. The van der Waals surface area contributed by atoms with Crippen molar-refractivity contribution in [3.8, 4) is 0 Å². The van der Waals surface area contributed by atoms with Crippen molar-refractivity contribution in [1.82, 2.24) is 20.7 Å². The van der Waals surface area contributed by atoms with Crippen molar-refractivity contribution in [2.75, 3.05) is 0 Å². The third kappa shape index (κ3) is 5.82. The van der Waals surface area contributed by atoms with E-state index in [2.05, 4.69) is 10.6 Å². The third-order valence-corrected chi connectivity index (χ3v) is 6.94. The van der Waals surface area contributed by atoms with Crippen LogP contribution in [0.15, 0.2) is 66.4 Å². The zero-order chi connectivity index (χ0) is 30.3. The Bertz CT molecular complexity index is 1410. The second-order valence-corrected chi connectivity index (χ2v) is 11.5. The number of hydrogen-bond donors (Lipinski definition) is 2. The number of nitro groups is 1. The molecule has 3 atom stereocenters. The summed E-state index contributed by atoms with van der Waals surface area (Å²) in [5, 5.41) is 19.6. The fourth-order valence-corrected chi connectivity index (χ4v) is 5.01. The summed E-state index contributed by atoms with van der Waals surface area (Å²) in [6.07, 6.45) is 0.630. The van der Waals surface area contributed by atoms with Gasteiger partial charge >= 0.3 is 6.09 Å². The van der Waals surface area contributed by atoms with Crippen LogP contribution in [0.5, 0.6) is 0 Å². The SMILES string of the molecule is C[C@H](NC(=O)OC(C)(C)C)C(=O)C1=CN2C(=O)[C@@H](NC(=O)c3ccccc3)C(C)(C)N2[C@@H]1c1ccc([N+](=O)[O-])cc1. The summed E-state index contributed by atoms with van der Waals surface area (Å²) in [5.74, 6) is -1.36.